The number of nitrogens with two attached hydrogens (primary N) is 1. The molecule has 3 rings (SSSR count). The zero-order valence-electron chi connectivity index (χ0n) is 16.5. The van der Waals surface area contributed by atoms with Crippen molar-refractivity contribution >= 4 is 11.8 Å². The quantitative estimate of drug-likeness (QED) is 0.181. The third-order valence-electron chi connectivity index (χ3n) is 5.11. The monoisotopic (exact) mass is 427 g/mol. The molecule has 2 atom stereocenters. The van der Waals surface area contributed by atoms with Crippen molar-refractivity contribution in [2.75, 3.05) is 20.2 Å². The van der Waals surface area contributed by atoms with E-state index in [4.69, 9.17) is 20.5 Å². The first-order valence-corrected chi connectivity index (χ1v) is 9.44. The van der Waals surface area contributed by atoms with E-state index in [1.807, 2.05) is 0 Å². The van der Waals surface area contributed by atoms with Crippen molar-refractivity contribution in [3.63, 3.8) is 0 Å². The minimum atomic E-state index is -4.59. The van der Waals surface area contributed by atoms with Gasteiger partial charge < -0.3 is 30.3 Å². The molecule has 0 aromatic heterocycles. The van der Waals surface area contributed by atoms with Gasteiger partial charge in [0.1, 0.15) is 5.75 Å². The van der Waals surface area contributed by atoms with Gasteiger partial charge in [-0.15, -0.1) is 6.58 Å². The van der Waals surface area contributed by atoms with Crippen molar-refractivity contribution in [1.29, 1.82) is 0 Å². The Balaban J connectivity index is 1.83. The lowest BCUT2D eigenvalue weighted by Crippen LogP contribution is -2.51. The van der Waals surface area contributed by atoms with E-state index in [1.54, 1.807) is 22.9 Å². The Morgan fingerprint density at radius 2 is 2.27 bits per heavy atom. The van der Waals surface area contributed by atoms with Crippen LogP contribution in [-0.2, 0) is 11.0 Å². The van der Waals surface area contributed by atoms with Gasteiger partial charge in [-0.05, 0) is 37.5 Å². The van der Waals surface area contributed by atoms with Crippen LogP contribution in [0.25, 0.3) is 0 Å². The summed E-state index contributed by atoms with van der Waals surface area (Å²) in [6, 6.07) is 3.54. The molecule has 0 spiro atoms. The fourth-order valence-corrected chi connectivity index (χ4v) is 3.64. The van der Waals surface area contributed by atoms with Crippen LogP contribution in [-0.4, -0.2) is 59.3 Å². The largest absolute Gasteiger partial charge is 0.493 e. The average molecular weight is 427 g/mol. The minimum Gasteiger partial charge on any atom is -0.493 e. The first kappa shape index (κ1) is 21.6. The first-order chi connectivity index (χ1) is 14.3. The number of halogens is 3. The van der Waals surface area contributed by atoms with Crippen molar-refractivity contribution in [2.45, 2.75) is 37.7 Å². The van der Waals surface area contributed by atoms with Gasteiger partial charge in [0.15, 0.2) is 5.84 Å². The number of ether oxygens (including phenoxy) is 1. The van der Waals surface area contributed by atoms with E-state index in [-0.39, 0.29) is 35.8 Å². The number of rotatable bonds is 6. The molecule has 30 heavy (non-hydrogen) atoms. The molecule has 2 heterocycles. The Morgan fingerprint density at radius 3 is 2.93 bits per heavy atom. The minimum absolute atomic E-state index is 0.0386. The van der Waals surface area contributed by atoms with Gasteiger partial charge in [-0.3, -0.25) is 0 Å². The van der Waals surface area contributed by atoms with Crippen molar-refractivity contribution in [3.8, 4) is 5.75 Å². The number of alkyl halides is 3. The number of hydrogen-bond acceptors (Lipinski definition) is 6. The predicted octanol–water partition coefficient (Wildman–Crippen LogP) is 2.78. The van der Waals surface area contributed by atoms with Gasteiger partial charge in [0.25, 0.3) is 0 Å². The fraction of sp³-hybridized carbons (Fsp3) is 0.474. The Morgan fingerprint density at radius 1 is 1.50 bits per heavy atom. The number of amidine groups is 1. The van der Waals surface area contributed by atoms with E-state index in [1.165, 1.54) is 12.1 Å². The van der Waals surface area contributed by atoms with Gasteiger partial charge in [0, 0.05) is 19.2 Å². The smallest absolute Gasteiger partial charge is 0.419 e. The number of oxime groups is 2. The summed E-state index contributed by atoms with van der Waals surface area (Å²) < 4.78 is 46.0. The molecule has 0 saturated carbocycles. The van der Waals surface area contributed by atoms with Crippen LogP contribution in [0.2, 0.25) is 0 Å². The summed E-state index contributed by atoms with van der Waals surface area (Å²) in [7, 11) is 1.68. The van der Waals surface area contributed by atoms with E-state index in [9.17, 15) is 13.2 Å². The number of likely N-dealkylation sites (tertiary alicyclic amines) is 1. The Labute approximate surface area is 172 Å². The molecule has 1 saturated heterocycles. The molecular formula is C19H24F3N5O3. The molecule has 1 unspecified atom stereocenters. The van der Waals surface area contributed by atoms with Crippen LogP contribution >= 0.6 is 0 Å². The van der Waals surface area contributed by atoms with E-state index in [0.29, 0.717) is 19.4 Å². The number of guanidine groups is 1. The van der Waals surface area contributed by atoms with E-state index in [0.717, 1.165) is 12.5 Å². The van der Waals surface area contributed by atoms with E-state index < -0.39 is 18.0 Å². The van der Waals surface area contributed by atoms with Gasteiger partial charge in [0.05, 0.1) is 18.2 Å². The molecule has 0 radical (unpaired) electrons. The van der Waals surface area contributed by atoms with Crippen molar-refractivity contribution < 1.29 is 28.0 Å². The highest BCUT2D eigenvalue weighted by Gasteiger charge is 2.42. The molecule has 8 nitrogen and oxygen atoms in total. The Kier molecular flexibility index (Phi) is 6.28. The van der Waals surface area contributed by atoms with E-state index >= 15 is 0 Å². The lowest BCUT2D eigenvalue weighted by atomic mass is 10.1. The van der Waals surface area contributed by atoms with Crippen LogP contribution in [0.5, 0.6) is 5.75 Å². The fourth-order valence-electron chi connectivity index (χ4n) is 3.64. The summed E-state index contributed by atoms with van der Waals surface area (Å²) in [5, 5.41) is 16.0. The topological polar surface area (TPSA) is 95.9 Å². The second-order valence-corrected chi connectivity index (χ2v) is 7.02. The van der Waals surface area contributed by atoms with Crippen molar-refractivity contribution in [3.05, 3.63) is 42.0 Å². The maximum atomic E-state index is 13.6. The van der Waals surface area contributed by atoms with Crippen molar-refractivity contribution in [2.24, 2.45) is 16.0 Å². The molecule has 11 heteroatoms. The molecule has 3 N–H and O–H groups in total. The Hall–Kier alpha value is -3.11. The standard InChI is InChI=1S/C19H24F3N5O3/c1-3-4-10-29-15-8-7-12(11-13(15)19(20,21)22)16-25-30-17(26(16)2)14-6-5-9-27(14)18(23)24-28/h3,7-8,11,14,17,28H,1,4-6,9-10H2,2H3,(H2,23,24)/t14-,17?/m0/s1. The molecule has 0 aliphatic carbocycles. The van der Waals surface area contributed by atoms with Crippen LogP contribution in [0.4, 0.5) is 13.2 Å². The van der Waals surface area contributed by atoms with Gasteiger partial charge >= 0.3 is 6.18 Å². The van der Waals surface area contributed by atoms with Crippen LogP contribution in [0.1, 0.15) is 30.4 Å². The number of nitrogens with zero attached hydrogens (tertiary/aromatic N) is 4. The molecule has 0 bridgehead atoms. The lowest BCUT2D eigenvalue weighted by molar-refractivity contribution is -0.138. The third-order valence-corrected chi connectivity index (χ3v) is 5.11. The predicted molar refractivity (Wildman–Crippen MR) is 104 cm³/mol. The zero-order valence-corrected chi connectivity index (χ0v) is 16.5. The second kappa shape index (κ2) is 8.72. The van der Waals surface area contributed by atoms with Gasteiger partial charge in [0.2, 0.25) is 12.2 Å². The number of likely N-dealkylation sites (N-methyl/N-ethyl adjacent to an activating group) is 1. The lowest BCUT2D eigenvalue weighted by Gasteiger charge is -2.32. The van der Waals surface area contributed by atoms with Crippen LogP contribution in [0.3, 0.4) is 0 Å². The summed E-state index contributed by atoms with van der Waals surface area (Å²) >= 11 is 0. The molecular weight excluding hydrogens is 403 g/mol. The molecule has 1 fully saturated rings. The number of hydrogen-bond donors (Lipinski definition) is 2. The van der Waals surface area contributed by atoms with Crippen LogP contribution in [0.15, 0.2) is 41.2 Å². The third kappa shape index (κ3) is 4.24. The summed E-state index contributed by atoms with van der Waals surface area (Å²) in [6.45, 7) is 4.21. The highest BCUT2D eigenvalue weighted by atomic mass is 19.4. The molecule has 1 aromatic rings. The van der Waals surface area contributed by atoms with Crippen LogP contribution < -0.4 is 10.5 Å². The maximum absolute atomic E-state index is 13.6. The summed E-state index contributed by atoms with van der Waals surface area (Å²) in [4.78, 5) is 8.88. The highest BCUT2D eigenvalue weighted by molar-refractivity contribution is 5.99. The van der Waals surface area contributed by atoms with E-state index in [2.05, 4.69) is 16.9 Å². The summed E-state index contributed by atoms with van der Waals surface area (Å²) in [5.41, 5.74) is 5.09. The summed E-state index contributed by atoms with van der Waals surface area (Å²) in [5.74, 6) is -0.0291. The van der Waals surface area contributed by atoms with Gasteiger partial charge in [-0.25, -0.2) is 0 Å². The van der Waals surface area contributed by atoms with Gasteiger partial charge in [-0.1, -0.05) is 16.4 Å². The maximum Gasteiger partial charge on any atom is 0.419 e. The second-order valence-electron chi connectivity index (χ2n) is 7.02. The van der Waals surface area contributed by atoms with Gasteiger partial charge in [-0.2, -0.15) is 13.2 Å². The summed E-state index contributed by atoms with van der Waals surface area (Å²) in [6.07, 6.45) is -1.66. The Bertz CT molecular complexity index is 843. The normalized spacial score (nSPS) is 22.1. The van der Waals surface area contributed by atoms with Crippen LogP contribution in [0, 0.1) is 0 Å². The SMILES string of the molecule is C=CCCOc1ccc(C2=NOC([C@@H]3CCCN3/C(N)=N/O)N2C)cc1C(F)(F)F. The highest BCUT2D eigenvalue weighted by Crippen LogP contribution is 2.38. The molecule has 164 valence electrons. The molecule has 1 aromatic carbocycles. The molecule has 2 aliphatic rings. The average Bonchev–Trinajstić information content (AvgIpc) is 3.33. The molecule has 0 amide bonds. The van der Waals surface area contributed by atoms with Crippen molar-refractivity contribution in [1.82, 2.24) is 9.80 Å². The first-order valence-electron chi connectivity index (χ1n) is 9.44. The zero-order chi connectivity index (χ0) is 21.9. The number of benzene rings is 1. The molecule has 2 aliphatic heterocycles.